The van der Waals surface area contributed by atoms with Crippen molar-refractivity contribution in [3.63, 3.8) is 0 Å². The standard InChI is InChI=1S/C13H14N2O2/c1-9-5-6-10(8-14)13(17)15(9)11-3-2-4-12(16)7-11/h2-7,16H,8,14H2,1H3. The van der Waals surface area contributed by atoms with Gasteiger partial charge in [0, 0.05) is 23.9 Å². The Balaban J connectivity index is 2.71. The molecule has 0 saturated heterocycles. The normalized spacial score (nSPS) is 10.5. The van der Waals surface area contributed by atoms with E-state index >= 15 is 0 Å². The van der Waals surface area contributed by atoms with Crippen LogP contribution in [0.3, 0.4) is 0 Å². The van der Waals surface area contributed by atoms with Gasteiger partial charge in [0.2, 0.25) is 0 Å². The minimum Gasteiger partial charge on any atom is -0.508 e. The van der Waals surface area contributed by atoms with Gasteiger partial charge in [0.05, 0.1) is 5.69 Å². The predicted octanol–water partition coefficient (Wildman–Crippen LogP) is 1.31. The number of benzene rings is 1. The smallest absolute Gasteiger partial charge is 0.259 e. The number of aryl methyl sites for hydroxylation is 1. The van der Waals surface area contributed by atoms with Gasteiger partial charge in [0.15, 0.2) is 0 Å². The van der Waals surface area contributed by atoms with E-state index in [0.717, 1.165) is 5.69 Å². The molecule has 0 unspecified atom stereocenters. The summed E-state index contributed by atoms with van der Waals surface area (Å²) in [6.07, 6.45) is 0. The highest BCUT2D eigenvalue weighted by Crippen LogP contribution is 2.15. The third-order valence-corrected chi connectivity index (χ3v) is 2.66. The first-order valence-electron chi connectivity index (χ1n) is 5.34. The second-order valence-corrected chi connectivity index (χ2v) is 3.86. The molecule has 0 atom stereocenters. The van der Waals surface area contributed by atoms with Crippen LogP contribution < -0.4 is 11.3 Å². The monoisotopic (exact) mass is 230 g/mol. The topological polar surface area (TPSA) is 68.2 Å². The van der Waals surface area contributed by atoms with Crippen LogP contribution in [0.15, 0.2) is 41.2 Å². The van der Waals surface area contributed by atoms with Crippen molar-refractivity contribution in [2.24, 2.45) is 5.73 Å². The molecule has 0 aliphatic rings. The highest BCUT2D eigenvalue weighted by molar-refractivity contribution is 5.40. The number of nitrogens with zero attached hydrogens (tertiary/aromatic N) is 1. The molecule has 0 spiro atoms. The molecule has 4 heteroatoms. The number of hydrogen-bond donors (Lipinski definition) is 2. The lowest BCUT2D eigenvalue weighted by Crippen LogP contribution is -2.25. The fourth-order valence-corrected chi connectivity index (χ4v) is 1.78. The summed E-state index contributed by atoms with van der Waals surface area (Å²) in [7, 11) is 0. The Morgan fingerprint density at radius 2 is 2.06 bits per heavy atom. The second-order valence-electron chi connectivity index (χ2n) is 3.86. The zero-order valence-electron chi connectivity index (χ0n) is 9.55. The van der Waals surface area contributed by atoms with Crippen LogP contribution in [0.5, 0.6) is 5.75 Å². The maximum absolute atomic E-state index is 12.1. The Morgan fingerprint density at radius 3 is 2.71 bits per heavy atom. The molecule has 88 valence electrons. The van der Waals surface area contributed by atoms with Crippen molar-refractivity contribution in [2.75, 3.05) is 0 Å². The Morgan fingerprint density at radius 1 is 1.29 bits per heavy atom. The molecule has 2 rings (SSSR count). The number of pyridine rings is 1. The van der Waals surface area contributed by atoms with Crippen molar-refractivity contribution in [1.29, 1.82) is 0 Å². The van der Waals surface area contributed by atoms with Gasteiger partial charge in [0.1, 0.15) is 5.75 Å². The molecule has 0 aliphatic carbocycles. The van der Waals surface area contributed by atoms with E-state index in [1.165, 1.54) is 0 Å². The molecule has 17 heavy (non-hydrogen) atoms. The van der Waals surface area contributed by atoms with Crippen LogP contribution in [-0.2, 0) is 6.54 Å². The number of rotatable bonds is 2. The molecule has 3 N–H and O–H groups in total. The fraction of sp³-hybridized carbons (Fsp3) is 0.154. The van der Waals surface area contributed by atoms with Crippen LogP contribution >= 0.6 is 0 Å². The molecule has 1 aromatic heterocycles. The van der Waals surface area contributed by atoms with E-state index < -0.39 is 0 Å². The lowest BCUT2D eigenvalue weighted by atomic mass is 10.2. The highest BCUT2D eigenvalue weighted by atomic mass is 16.3. The third kappa shape index (κ3) is 2.07. The van der Waals surface area contributed by atoms with Crippen molar-refractivity contribution in [1.82, 2.24) is 4.57 Å². The van der Waals surface area contributed by atoms with Gasteiger partial charge in [-0.25, -0.2) is 0 Å². The molecule has 0 saturated carbocycles. The van der Waals surface area contributed by atoms with Gasteiger partial charge < -0.3 is 10.8 Å². The van der Waals surface area contributed by atoms with E-state index in [1.807, 2.05) is 13.0 Å². The lowest BCUT2D eigenvalue weighted by molar-refractivity contribution is 0.475. The first-order valence-corrected chi connectivity index (χ1v) is 5.34. The van der Waals surface area contributed by atoms with Crippen LogP contribution in [0, 0.1) is 6.92 Å². The van der Waals surface area contributed by atoms with Gasteiger partial charge in [-0.05, 0) is 25.1 Å². The molecule has 2 aromatic rings. The van der Waals surface area contributed by atoms with Crippen LogP contribution in [0.4, 0.5) is 0 Å². The molecular weight excluding hydrogens is 216 g/mol. The van der Waals surface area contributed by atoms with Crippen molar-refractivity contribution in [3.8, 4) is 11.4 Å². The Bertz CT molecular complexity index is 603. The molecule has 0 bridgehead atoms. The van der Waals surface area contributed by atoms with Gasteiger partial charge in [0.25, 0.3) is 5.56 Å². The average Bonchev–Trinajstić information content (AvgIpc) is 2.29. The number of hydrogen-bond acceptors (Lipinski definition) is 3. The largest absolute Gasteiger partial charge is 0.508 e. The van der Waals surface area contributed by atoms with Crippen molar-refractivity contribution in [2.45, 2.75) is 13.5 Å². The van der Waals surface area contributed by atoms with Gasteiger partial charge in [-0.3, -0.25) is 9.36 Å². The molecule has 4 nitrogen and oxygen atoms in total. The van der Waals surface area contributed by atoms with E-state index in [0.29, 0.717) is 11.3 Å². The maximum atomic E-state index is 12.1. The maximum Gasteiger partial charge on any atom is 0.259 e. The lowest BCUT2D eigenvalue weighted by Gasteiger charge is -2.11. The second kappa shape index (κ2) is 4.43. The number of nitrogens with two attached hydrogens (primary N) is 1. The summed E-state index contributed by atoms with van der Waals surface area (Å²) >= 11 is 0. The molecular formula is C13H14N2O2. The van der Waals surface area contributed by atoms with Gasteiger partial charge in [-0.2, -0.15) is 0 Å². The molecule has 1 aromatic carbocycles. The quantitative estimate of drug-likeness (QED) is 0.817. The van der Waals surface area contributed by atoms with E-state index in [-0.39, 0.29) is 17.9 Å². The zero-order valence-corrected chi connectivity index (χ0v) is 9.55. The average molecular weight is 230 g/mol. The number of aromatic nitrogens is 1. The molecule has 0 fully saturated rings. The van der Waals surface area contributed by atoms with Crippen molar-refractivity contribution < 1.29 is 5.11 Å². The molecule has 0 aliphatic heterocycles. The van der Waals surface area contributed by atoms with Crippen LogP contribution in [0.1, 0.15) is 11.3 Å². The highest BCUT2D eigenvalue weighted by Gasteiger charge is 2.07. The third-order valence-electron chi connectivity index (χ3n) is 2.66. The van der Waals surface area contributed by atoms with Crippen LogP contribution in [-0.4, -0.2) is 9.67 Å². The minimum absolute atomic E-state index is 0.131. The van der Waals surface area contributed by atoms with Crippen LogP contribution in [0.2, 0.25) is 0 Å². The molecule has 1 heterocycles. The van der Waals surface area contributed by atoms with Crippen molar-refractivity contribution in [3.05, 3.63) is 58.0 Å². The summed E-state index contributed by atoms with van der Waals surface area (Å²) in [6.45, 7) is 2.05. The first-order chi connectivity index (χ1) is 8.13. The van der Waals surface area contributed by atoms with E-state index in [1.54, 1.807) is 34.9 Å². The van der Waals surface area contributed by atoms with E-state index in [2.05, 4.69) is 0 Å². The van der Waals surface area contributed by atoms with Gasteiger partial charge >= 0.3 is 0 Å². The summed E-state index contributed by atoms with van der Waals surface area (Å²) in [4.78, 5) is 12.1. The minimum atomic E-state index is -0.141. The number of phenols is 1. The zero-order chi connectivity index (χ0) is 12.4. The Kier molecular flexibility index (Phi) is 2.97. The van der Waals surface area contributed by atoms with Crippen molar-refractivity contribution >= 4 is 0 Å². The van der Waals surface area contributed by atoms with Crippen LogP contribution in [0.25, 0.3) is 5.69 Å². The van der Waals surface area contributed by atoms with E-state index in [4.69, 9.17) is 5.73 Å². The predicted molar refractivity (Wildman–Crippen MR) is 66.3 cm³/mol. The van der Waals surface area contributed by atoms with Gasteiger partial charge in [-0.1, -0.05) is 12.1 Å². The first kappa shape index (κ1) is 11.4. The number of phenolic OH excluding ortho intramolecular Hbond substituents is 1. The summed E-state index contributed by atoms with van der Waals surface area (Å²) in [5.41, 5.74) is 7.37. The molecule has 0 radical (unpaired) electrons. The van der Waals surface area contributed by atoms with E-state index in [9.17, 15) is 9.90 Å². The Hall–Kier alpha value is -2.07. The van der Waals surface area contributed by atoms with Gasteiger partial charge in [-0.15, -0.1) is 0 Å². The number of aromatic hydroxyl groups is 1. The SMILES string of the molecule is Cc1ccc(CN)c(=O)n1-c1cccc(O)c1. The fourth-order valence-electron chi connectivity index (χ4n) is 1.78. The summed E-state index contributed by atoms with van der Waals surface area (Å²) in [5.74, 6) is 0.131. The summed E-state index contributed by atoms with van der Waals surface area (Å²) < 4.78 is 1.54. The Labute approximate surface area is 98.9 Å². The molecule has 0 amide bonds. The summed E-state index contributed by atoms with van der Waals surface area (Å²) in [5, 5.41) is 9.44. The summed E-state index contributed by atoms with van der Waals surface area (Å²) in [6, 6.07) is 10.2.